The Hall–Kier alpha value is -1.16. The van der Waals surface area contributed by atoms with Gasteiger partial charge in [0.25, 0.3) is 5.24 Å². The van der Waals surface area contributed by atoms with E-state index in [1.54, 1.807) is 14.2 Å². The minimum Gasteiger partial charge on any atom is -0.496 e. The molecule has 82 valence electrons. The van der Waals surface area contributed by atoms with Gasteiger partial charge in [-0.1, -0.05) is 12.6 Å². The summed E-state index contributed by atoms with van der Waals surface area (Å²) < 4.78 is 5.20. The molecule has 1 rings (SSSR count). The van der Waals surface area contributed by atoms with Crippen LogP contribution in [0, 0.1) is 13.8 Å². The average Bonchev–Trinajstić information content (AvgIpc) is 2.21. The van der Waals surface area contributed by atoms with Gasteiger partial charge in [-0.2, -0.15) is 0 Å². The Balaban J connectivity index is 3.23. The number of ether oxygens (including phenoxy) is 1. The molecule has 0 aliphatic rings. The smallest absolute Gasteiger partial charge is 0.282 e. The van der Waals surface area contributed by atoms with E-state index in [1.807, 2.05) is 26.0 Å². The van der Waals surface area contributed by atoms with Crippen molar-refractivity contribution in [2.45, 2.75) is 13.8 Å². The van der Waals surface area contributed by atoms with E-state index >= 15 is 0 Å². The van der Waals surface area contributed by atoms with Crippen molar-refractivity contribution < 1.29 is 9.53 Å². The van der Waals surface area contributed by atoms with Gasteiger partial charge in [-0.05, 0) is 37.1 Å². The number of rotatable bonds is 2. The molecule has 15 heavy (non-hydrogen) atoms. The molecule has 0 aliphatic carbocycles. The van der Waals surface area contributed by atoms with Crippen LogP contribution in [-0.2, 0) is 0 Å². The molecular formula is C11H15NO2S. The average molecular weight is 225 g/mol. The van der Waals surface area contributed by atoms with E-state index in [0.717, 1.165) is 22.6 Å². The van der Waals surface area contributed by atoms with Gasteiger partial charge in [-0.15, -0.1) is 0 Å². The largest absolute Gasteiger partial charge is 0.496 e. The summed E-state index contributed by atoms with van der Waals surface area (Å²) in [6, 6.07) is 3.71. The Kier molecular flexibility index (Phi) is 3.63. The second-order valence-electron chi connectivity index (χ2n) is 3.38. The van der Waals surface area contributed by atoms with E-state index < -0.39 is 0 Å². The van der Waals surface area contributed by atoms with Gasteiger partial charge in [-0.3, -0.25) is 4.79 Å². The van der Waals surface area contributed by atoms with Crippen molar-refractivity contribution in [3.05, 3.63) is 23.3 Å². The van der Waals surface area contributed by atoms with Crippen LogP contribution < -0.4 is 9.64 Å². The highest BCUT2D eigenvalue weighted by Gasteiger charge is 2.12. The van der Waals surface area contributed by atoms with Crippen molar-refractivity contribution in [2.75, 3.05) is 19.1 Å². The molecule has 0 spiro atoms. The first-order valence-corrected chi connectivity index (χ1v) is 5.04. The van der Waals surface area contributed by atoms with E-state index in [0.29, 0.717) is 0 Å². The molecule has 0 aromatic heterocycles. The lowest BCUT2D eigenvalue weighted by Crippen LogP contribution is -2.20. The highest BCUT2D eigenvalue weighted by Crippen LogP contribution is 2.29. The summed E-state index contributed by atoms with van der Waals surface area (Å²) in [4.78, 5) is 12.6. The molecular weight excluding hydrogens is 210 g/mol. The third-order valence-electron chi connectivity index (χ3n) is 2.58. The number of hydrogen-bond acceptors (Lipinski definition) is 2. The number of hydrogen-bond donors (Lipinski definition) is 1. The summed E-state index contributed by atoms with van der Waals surface area (Å²) >= 11 is 3.79. The van der Waals surface area contributed by atoms with Crippen LogP contribution >= 0.6 is 12.6 Å². The van der Waals surface area contributed by atoms with Gasteiger partial charge in [0.15, 0.2) is 0 Å². The van der Waals surface area contributed by atoms with Crippen LogP contribution in [0.15, 0.2) is 12.1 Å². The number of amides is 1. The molecule has 1 aromatic carbocycles. The first-order valence-electron chi connectivity index (χ1n) is 4.60. The first kappa shape index (κ1) is 11.9. The lowest BCUT2D eigenvalue weighted by Gasteiger charge is -2.19. The predicted molar refractivity (Wildman–Crippen MR) is 65.3 cm³/mol. The van der Waals surface area contributed by atoms with Gasteiger partial charge in [0.1, 0.15) is 5.75 Å². The van der Waals surface area contributed by atoms with E-state index in [2.05, 4.69) is 12.6 Å². The molecule has 0 unspecified atom stereocenters. The minimum absolute atomic E-state index is 0.275. The maximum Gasteiger partial charge on any atom is 0.282 e. The fourth-order valence-electron chi connectivity index (χ4n) is 1.47. The van der Waals surface area contributed by atoms with Crippen LogP contribution in [0.4, 0.5) is 10.5 Å². The first-order chi connectivity index (χ1) is 6.99. The topological polar surface area (TPSA) is 29.5 Å². The van der Waals surface area contributed by atoms with Crippen LogP contribution in [0.1, 0.15) is 11.1 Å². The standard InChI is InChI=1S/C11H15NO2S/c1-7-8(2)10(14-4)6-5-9(7)12(3)11(13)15/h5-6H,1-4H3,(H,13,15). The van der Waals surface area contributed by atoms with E-state index in [9.17, 15) is 4.79 Å². The third kappa shape index (κ3) is 2.26. The zero-order valence-electron chi connectivity index (χ0n) is 9.37. The lowest BCUT2D eigenvalue weighted by molar-refractivity contribution is 0.266. The lowest BCUT2D eigenvalue weighted by atomic mass is 10.1. The molecule has 0 radical (unpaired) electrons. The number of benzene rings is 1. The minimum atomic E-state index is -0.275. The van der Waals surface area contributed by atoms with Gasteiger partial charge in [0.05, 0.1) is 7.11 Å². The molecule has 0 atom stereocenters. The molecule has 0 bridgehead atoms. The van der Waals surface area contributed by atoms with Gasteiger partial charge in [0.2, 0.25) is 0 Å². The van der Waals surface area contributed by atoms with Gasteiger partial charge >= 0.3 is 0 Å². The number of carbonyl (C=O) groups excluding carboxylic acids is 1. The van der Waals surface area contributed by atoms with Crippen molar-refractivity contribution in [3.63, 3.8) is 0 Å². The van der Waals surface area contributed by atoms with Crippen molar-refractivity contribution in [1.29, 1.82) is 0 Å². The molecule has 0 fully saturated rings. The summed E-state index contributed by atoms with van der Waals surface area (Å²) in [6.07, 6.45) is 0. The Morgan fingerprint density at radius 3 is 2.40 bits per heavy atom. The molecule has 0 saturated carbocycles. The molecule has 0 aliphatic heterocycles. The van der Waals surface area contributed by atoms with Crippen LogP contribution in [0.3, 0.4) is 0 Å². The van der Waals surface area contributed by atoms with Gasteiger partial charge in [-0.25, -0.2) is 0 Å². The third-order valence-corrected chi connectivity index (χ3v) is 2.88. The van der Waals surface area contributed by atoms with Crippen molar-refractivity contribution >= 4 is 23.6 Å². The fourth-order valence-corrected chi connectivity index (χ4v) is 1.58. The number of anilines is 1. The summed E-state index contributed by atoms with van der Waals surface area (Å²) in [5.74, 6) is 0.830. The highest BCUT2D eigenvalue weighted by molar-refractivity contribution is 7.96. The van der Waals surface area contributed by atoms with Crippen molar-refractivity contribution in [2.24, 2.45) is 0 Å². The summed E-state index contributed by atoms with van der Waals surface area (Å²) in [5, 5.41) is -0.275. The van der Waals surface area contributed by atoms with E-state index in [4.69, 9.17) is 4.74 Å². The maximum atomic E-state index is 11.1. The number of methoxy groups -OCH3 is 1. The second kappa shape index (κ2) is 4.57. The predicted octanol–water partition coefficient (Wildman–Crippen LogP) is 2.80. The Labute approximate surface area is 95.4 Å². The molecule has 4 heteroatoms. The van der Waals surface area contributed by atoms with Gasteiger partial charge in [0, 0.05) is 12.7 Å². The van der Waals surface area contributed by atoms with E-state index in [-0.39, 0.29) is 5.24 Å². The summed E-state index contributed by atoms with van der Waals surface area (Å²) in [6.45, 7) is 3.93. The van der Waals surface area contributed by atoms with E-state index in [1.165, 1.54) is 4.90 Å². The highest BCUT2D eigenvalue weighted by atomic mass is 32.1. The van der Waals surface area contributed by atoms with Crippen LogP contribution in [0.5, 0.6) is 5.75 Å². The molecule has 3 nitrogen and oxygen atoms in total. The zero-order valence-corrected chi connectivity index (χ0v) is 10.3. The Bertz CT molecular complexity index is 390. The number of nitrogens with zero attached hydrogens (tertiary/aromatic N) is 1. The SMILES string of the molecule is COc1ccc(N(C)C(=O)S)c(C)c1C. The van der Waals surface area contributed by atoms with Crippen molar-refractivity contribution in [1.82, 2.24) is 0 Å². The summed E-state index contributed by atoms with van der Waals surface area (Å²) in [7, 11) is 3.33. The Morgan fingerprint density at radius 1 is 1.33 bits per heavy atom. The number of carbonyl (C=O) groups is 1. The zero-order chi connectivity index (χ0) is 11.6. The normalized spacial score (nSPS) is 9.93. The molecule has 1 amide bonds. The van der Waals surface area contributed by atoms with Crippen LogP contribution in [0.25, 0.3) is 0 Å². The summed E-state index contributed by atoms with van der Waals surface area (Å²) in [5.41, 5.74) is 2.92. The number of thiol groups is 1. The molecule has 0 saturated heterocycles. The monoisotopic (exact) mass is 225 g/mol. The molecule has 0 N–H and O–H groups in total. The van der Waals surface area contributed by atoms with Crippen molar-refractivity contribution in [3.8, 4) is 5.75 Å². The molecule has 0 heterocycles. The quantitative estimate of drug-likeness (QED) is 0.784. The van der Waals surface area contributed by atoms with Gasteiger partial charge < -0.3 is 9.64 Å². The second-order valence-corrected chi connectivity index (χ2v) is 3.76. The molecule has 1 aromatic rings. The fraction of sp³-hybridized carbons (Fsp3) is 0.364. The van der Waals surface area contributed by atoms with Crippen LogP contribution in [-0.4, -0.2) is 19.4 Å². The maximum absolute atomic E-state index is 11.1. The van der Waals surface area contributed by atoms with Crippen LogP contribution in [0.2, 0.25) is 0 Å². The Morgan fingerprint density at radius 2 is 1.93 bits per heavy atom.